The highest BCUT2D eigenvalue weighted by atomic mass is 19.1. The first-order valence-corrected chi connectivity index (χ1v) is 8.61. The summed E-state index contributed by atoms with van der Waals surface area (Å²) < 4.78 is 16.2. The molecule has 9 nitrogen and oxygen atoms in total. The molecule has 4 rings (SSSR count). The molecule has 1 atom stereocenters. The van der Waals surface area contributed by atoms with E-state index in [0.717, 1.165) is 0 Å². The Hall–Kier alpha value is -4.13. The predicted molar refractivity (Wildman–Crippen MR) is 101 cm³/mol. The Bertz CT molecular complexity index is 1180. The highest BCUT2D eigenvalue weighted by Gasteiger charge is 2.35. The average Bonchev–Trinajstić information content (AvgIpc) is 3.18. The van der Waals surface area contributed by atoms with Gasteiger partial charge in [0.2, 0.25) is 0 Å². The van der Waals surface area contributed by atoms with E-state index < -0.39 is 17.3 Å². The topological polar surface area (TPSA) is 135 Å². The number of fused-ring (bicyclic) bond motifs is 1. The molecule has 0 spiro atoms. The smallest absolute Gasteiger partial charge is 0.274 e. The van der Waals surface area contributed by atoms with E-state index in [9.17, 15) is 9.18 Å². The summed E-state index contributed by atoms with van der Waals surface area (Å²) in [7, 11) is 0. The Morgan fingerprint density at radius 2 is 2.17 bits per heavy atom. The Labute approximate surface area is 164 Å². The molecular weight excluding hydrogens is 375 g/mol. The number of carbonyl (C=O) groups is 1. The average molecular weight is 390 g/mol. The van der Waals surface area contributed by atoms with Crippen molar-refractivity contribution in [1.82, 2.24) is 19.7 Å². The van der Waals surface area contributed by atoms with E-state index in [4.69, 9.17) is 11.0 Å². The van der Waals surface area contributed by atoms with Gasteiger partial charge in [-0.15, -0.1) is 0 Å². The molecule has 10 heteroatoms. The van der Waals surface area contributed by atoms with E-state index in [0.29, 0.717) is 17.1 Å². The Morgan fingerprint density at radius 1 is 1.34 bits per heavy atom. The molecule has 0 aliphatic carbocycles. The number of nitrogens with one attached hydrogen (secondary N) is 1. The third kappa shape index (κ3) is 3.29. The normalized spacial score (nSPS) is 17.8. The molecule has 3 N–H and O–H groups in total. The van der Waals surface area contributed by atoms with Gasteiger partial charge in [0.1, 0.15) is 29.4 Å². The van der Waals surface area contributed by atoms with E-state index in [2.05, 4.69) is 25.4 Å². The van der Waals surface area contributed by atoms with Gasteiger partial charge in [0, 0.05) is 17.4 Å². The molecule has 0 bridgehead atoms. The number of rotatable bonds is 3. The number of nitrogens with two attached hydrogens (primary N) is 1. The lowest BCUT2D eigenvalue weighted by molar-refractivity contribution is 0.102. The molecule has 0 saturated heterocycles. The lowest BCUT2D eigenvalue weighted by atomic mass is 9.90. The zero-order valence-electron chi connectivity index (χ0n) is 15.3. The lowest BCUT2D eigenvalue weighted by Gasteiger charge is -2.30. The van der Waals surface area contributed by atoms with Crippen molar-refractivity contribution >= 4 is 17.4 Å². The number of benzene rings is 1. The molecule has 2 aromatic heterocycles. The molecule has 29 heavy (non-hydrogen) atoms. The molecule has 0 saturated carbocycles. The predicted octanol–water partition coefficient (Wildman–Crippen LogP) is 1.57. The van der Waals surface area contributed by atoms with Crippen LogP contribution in [-0.2, 0) is 12.1 Å². The van der Waals surface area contributed by atoms with E-state index in [1.54, 1.807) is 11.6 Å². The number of hydrogen-bond acceptors (Lipinski definition) is 7. The fraction of sp³-hybridized carbons (Fsp3) is 0.158. The van der Waals surface area contributed by atoms with Crippen molar-refractivity contribution in [3.05, 3.63) is 71.3 Å². The van der Waals surface area contributed by atoms with Gasteiger partial charge in [-0.1, -0.05) is 0 Å². The largest absolute Gasteiger partial charge is 0.381 e. The number of carbonyl (C=O) groups excluding carboxylic acids is 1. The van der Waals surface area contributed by atoms with Crippen LogP contribution in [0.2, 0.25) is 0 Å². The number of aliphatic imine (C=N–C) groups is 1. The summed E-state index contributed by atoms with van der Waals surface area (Å²) in [5.41, 5.74) is 6.06. The van der Waals surface area contributed by atoms with Gasteiger partial charge in [0.15, 0.2) is 11.7 Å². The van der Waals surface area contributed by atoms with Crippen molar-refractivity contribution in [2.75, 3.05) is 5.32 Å². The molecule has 1 aromatic carbocycles. The summed E-state index contributed by atoms with van der Waals surface area (Å²) >= 11 is 0. The van der Waals surface area contributed by atoms with Crippen LogP contribution in [0.15, 0.2) is 47.8 Å². The summed E-state index contributed by atoms with van der Waals surface area (Å²) in [5, 5.41) is 15.6. The van der Waals surface area contributed by atoms with Gasteiger partial charge in [-0.2, -0.15) is 10.4 Å². The summed E-state index contributed by atoms with van der Waals surface area (Å²) in [6.45, 7) is 1.98. The van der Waals surface area contributed by atoms with Gasteiger partial charge in [0.05, 0.1) is 12.1 Å². The number of hydrogen-bond donors (Lipinski definition) is 2. The molecular formula is C19H15FN8O. The minimum atomic E-state index is -1.03. The molecule has 1 amide bonds. The molecule has 1 aliphatic heterocycles. The SMILES string of the molecule is C[C@@]1(c2cc(NC(=O)c3ccc(C#N)cn3)ccc2F)Cn2ncnc2C(N)=N1. The van der Waals surface area contributed by atoms with Crippen molar-refractivity contribution < 1.29 is 9.18 Å². The Morgan fingerprint density at radius 3 is 2.90 bits per heavy atom. The van der Waals surface area contributed by atoms with E-state index >= 15 is 0 Å². The van der Waals surface area contributed by atoms with Crippen LogP contribution in [0.1, 0.15) is 34.4 Å². The number of nitrogens with zero attached hydrogens (tertiary/aromatic N) is 6. The maximum absolute atomic E-state index is 14.7. The van der Waals surface area contributed by atoms with Gasteiger partial charge >= 0.3 is 0 Å². The summed E-state index contributed by atoms with van der Waals surface area (Å²) in [6.07, 6.45) is 2.67. The Kier molecular flexibility index (Phi) is 4.27. The number of nitriles is 1. The van der Waals surface area contributed by atoms with Crippen LogP contribution >= 0.6 is 0 Å². The van der Waals surface area contributed by atoms with Gasteiger partial charge < -0.3 is 11.1 Å². The van der Waals surface area contributed by atoms with Crippen LogP contribution in [0.5, 0.6) is 0 Å². The second-order valence-corrected chi connectivity index (χ2v) is 6.70. The van der Waals surface area contributed by atoms with Crippen LogP contribution in [0, 0.1) is 17.1 Å². The first kappa shape index (κ1) is 18.2. The first-order chi connectivity index (χ1) is 13.9. The monoisotopic (exact) mass is 390 g/mol. The van der Waals surface area contributed by atoms with Crippen molar-refractivity contribution in [3.8, 4) is 6.07 Å². The van der Waals surface area contributed by atoms with E-state index in [1.165, 1.54) is 42.9 Å². The second kappa shape index (κ2) is 6.79. The molecule has 1 aliphatic rings. The van der Waals surface area contributed by atoms with E-state index in [-0.39, 0.29) is 23.6 Å². The first-order valence-electron chi connectivity index (χ1n) is 8.61. The van der Waals surface area contributed by atoms with Crippen LogP contribution in [0.4, 0.5) is 10.1 Å². The molecule has 3 heterocycles. The van der Waals surface area contributed by atoms with Gasteiger partial charge in [-0.25, -0.2) is 19.0 Å². The van der Waals surface area contributed by atoms with E-state index in [1.807, 2.05) is 6.07 Å². The second-order valence-electron chi connectivity index (χ2n) is 6.70. The van der Waals surface area contributed by atoms with Gasteiger partial charge in [0.25, 0.3) is 5.91 Å². The number of amidine groups is 1. The summed E-state index contributed by atoms with van der Waals surface area (Å²) in [6, 6.07) is 9.08. The number of anilines is 1. The van der Waals surface area contributed by atoms with Gasteiger partial charge in [-0.05, 0) is 37.3 Å². The number of halogens is 1. The molecule has 0 fully saturated rings. The Balaban J connectivity index is 1.63. The highest BCUT2D eigenvalue weighted by Crippen LogP contribution is 2.34. The fourth-order valence-corrected chi connectivity index (χ4v) is 3.17. The molecule has 0 unspecified atom stereocenters. The molecule has 3 aromatic rings. The zero-order valence-corrected chi connectivity index (χ0v) is 15.3. The highest BCUT2D eigenvalue weighted by molar-refractivity contribution is 6.03. The molecule has 144 valence electrons. The van der Waals surface area contributed by atoms with Crippen molar-refractivity contribution in [3.63, 3.8) is 0 Å². The minimum Gasteiger partial charge on any atom is -0.381 e. The summed E-state index contributed by atoms with van der Waals surface area (Å²) in [5.74, 6) is -0.379. The lowest BCUT2D eigenvalue weighted by Crippen LogP contribution is -2.38. The van der Waals surface area contributed by atoms with Gasteiger partial charge in [-0.3, -0.25) is 9.79 Å². The number of pyridine rings is 1. The fourth-order valence-electron chi connectivity index (χ4n) is 3.17. The number of aromatic nitrogens is 4. The maximum Gasteiger partial charge on any atom is 0.274 e. The standard InChI is InChI=1S/C19H15FN8O/c1-19(9-28-17(16(22)27-19)24-10-25-28)13-6-12(3-4-14(13)20)26-18(29)15-5-2-11(7-21)8-23-15/h2-6,8,10H,9H2,1H3,(H2,22,27)(H,26,29)/t19-/m0/s1. The third-order valence-corrected chi connectivity index (χ3v) is 4.60. The number of amides is 1. The van der Waals surface area contributed by atoms with Crippen molar-refractivity contribution in [2.24, 2.45) is 10.7 Å². The maximum atomic E-state index is 14.7. The van der Waals surface area contributed by atoms with Crippen molar-refractivity contribution in [1.29, 1.82) is 5.26 Å². The van der Waals surface area contributed by atoms with Crippen LogP contribution < -0.4 is 11.1 Å². The zero-order chi connectivity index (χ0) is 20.6. The van der Waals surface area contributed by atoms with Crippen molar-refractivity contribution in [2.45, 2.75) is 19.0 Å². The minimum absolute atomic E-state index is 0.133. The van der Waals surface area contributed by atoms with Crippen LogP contribution in [0.3, 0.4) is 0 Å². The van der Waals surface area contributed by atoms with Crippen LogP contribution in [0.25, 0.3) is 0 Å². The summed E-state index contributed by atoms with van der Waals surface area (Å²) in [4.78, 5) is 24.9. The quantitative estimate of drug-likeness (QED) is 0.697. The third-order valence-electron chi connectivity index (χ3n) is 4.60. The molecule has 0 radical (unpaired) electrons. The van der Waals surface area contributed by atoms with Crippen LogP contribution in [-0.4, -0.2) is 31.5 Å².